The van der Waals surface area contributed by atoms with Gasteiger partial charge in [0.05, 0.1) is 11.2 Å². The molecule has 5 heteroatoms. The minimum Gasteiger partial charge on any atom is -0.425 e. The quantitative estimate of drug-likeness (QED) is 0.327. The van der Waals surface area contributed by atoms with E-state index in [2.05, 4.69) is 6.58 Å². The Balaban J connectivity index is 1.84. The molecule has 0 aliphatic carbocycles. The van der Waals surface area contributed by atoms with Gasteiger partial charge >= 0.3 is 5.97 Å². The molecule has 114 valence electrons. The highest BCUT2D eigenvalue weighted by Gasteiger charge is 2.19. The second kappa shape index (κ2) is 8.51. The van der Waals surface area contributed by atoms with Crippen LogP contribution in [0.1, 0.15) is 23.5 Å². The van der Waals surface area contributed by atoms with Gasteiger partial charge in [-0.05, 0) is 31.0 Å². The van der Waals surface area contributed by atoms with Crippen molar-refractivity contribution in [2.24, 2.45) is 0 Å². The number of thioether (sulfide) groups is 2. The zero-order chi connectivity index (χ0) is 15.1. The summed E-state index contributed by atoms with van der Waals surface area (Å²) in [4.78, 5) is 11.9. The second-order valence-electron chi connectivity index (χ2n) is 4.65. The van der Waals surface area contributed by atoms with Crippen LogP contribution in [0.25, 0.3) is 0 Å². The van der Waals surface area contributed by atoms with Gasteiger partial charge in [-0.2, -0.15) is 0 Å². The van der Waals surface area contributed by atoms with Gasteiger partial charge in [0.2, 0.25) is 0 Å². The van der Waals surface area contributed by atoms with Crippen molar-refractivity contribution in [3.63, 3.8) is 0 Å². The maximum atomic E-state index is 11.9. The molecule has 1 atom stereocenters. The van der Waals surface area contributed by atoms with Crippen molar-refractivity contribution in [1.82, 2.24) is 0 Å². The molecule has 1 aromatic rings. The lowest BCUT2D eigenvalue weighted by Gasteiger charge is -2.13. The average Bonchev–Trinajstić information content (AvgIpc) is 3.02. The molecule has 0 radical (unpaired) electrons. The minimum absolute atomic E-state index is 0.364. The SMILES string of the molecule is C=CCCOC(C)C(=O)Oc1ccc(C2SCCS2)cc1. The Kier molecular flexibility index (Phi) is 6.67. The van der Waals surface area contributed by atoms with E-state index in [-0.39, 0.29) is 5.97 Å². The Morgan fingerprint density at radius 3 is 2.67 bits per heavy atom. The summed E-state index contributed by atoms with van der Waals surface area (Å²) < 4.78 is 11.2. The van der Waals surface area contributed by atoms with E-state index < -0.39 is 6.10 Å². The summed E-state index contributed by atoms with van der Waals surface area (Å²) in [5.74, 6) is 2.60. The molecule has 1 saturated heterocycles. The van der Waals surface area contributed by atoms with Crippen LogP contribution >= 0.6 is 23.5 Å². The van der Waals surface area contributed by atoms with Crippen LogP contribution in [0.15, 0.2) is 36.9 Å². The van der Waals surface area contributed by atoms with Crippen molar-refractivity contribution in [2.45, 2.75) is 24.0 Å². The fraction of sp³-hybridized carbons (Fsp3) is 0.438. The molecule has 1 aliphatic rings. The number of carbonyl (C=O) groups excluding carboxylic acids is 1. The van der Waals surface area contributed by atoms with Crippen LogP contribution in [0.3, 0.4) is 0 Å². The van der Waals surface area contributed by atoms with Crippen molar-refractivity contribution in [3.8, 4) is 5.75 Å². The van der Waals surface area contributed by atoms with Gasteiger partial charge in [0.1, 0.15) is 5.75 Å². The minimum atomic E-state index is -0.564. The van der Waals surface area contributed by atoms with E-state index in [9.17, 15) is 4.79 Å². The van der Waals surface area contributed by atoms with Crippen molar-refractivity contribution < 1.29 is 14.3 Å². The zero-order valence-electron chi connectivity index (χ0n) is 12.1. The maximum absolute atomic E-state index is 11.9. The van der Waals surface area contributed by atoms with Gasteiger partial charge in [0.15, 0.2) is 6.10 Å². The summed E-state index contributed by atoms with van der Waals surface area (Å²) in [5, 5.41) is 0. The van der Waals surface area contributed by atoms with Gasteiger partial charge in [-0.1, -0.05) is 18.2 Å². The van der Waals surface area contributed by atoms with Gasteiger partial charge in [0.25, 0.3) is 0 Å². The molecule has 0 spiro atoms. The number of hydrogen-bond acceptors (Lipinski definition) is 5. The molecule has 1 aromatic carbocycles. The molecule has 1 unspecified atom stereocenters. The van der Waals surface area contributed by atoms with Crippen molar-refractivity contribution in [3.05, 3.63) is 42.5 Å². The molecule has 0 aromatic heterocycles. The molecule has 2 rings (SSSR count). The standard InChI is InChI=1S/C16H20O3S2/c1-3-4-9-18-12(2)15(17)19-14-7-5-13(6-8-14)16-20-10-11-21-16/h3,5-8,12,16H,1,4,9-11H2,2H3. The Labute approximate surface area is 134 Å². The number of benzene rings is 1. The second-order valence-corrected chi connectivity index (χ2v) is 7.38. The van der Waals surface area contributed by atoms with Gasteiger partial charge in [-0.15, -0.1) is 30.1 Å². The Bertz CT molecular complexity index is 467. The molecular formula is C16H20O3S2. The summed E-state index contributed by atoms with van der Waals surface area (Å²) in [7, 11) is 0. The highest BCUT2D eigenvalue weighted by molar-refractivity contribution is 8.19. The summed E-state index contributed by atoms with van der Waals surface area (Å²) in [6.45, 7) is 5.79. The monoisotopic (exact) mass is 324 g/mol. The van der Waals surface area contributed by atoms with Crippen molar-refractivity contribution in [1.29, 1.82) is 0 Å². The first-order valence-corrected chi connectivity index (χ1v) is 9.08. The third-order valence-corrected chi connectivity index (χ3v) is 6.12. The first-order chi connectivity index (χ1) is 10.2. The van der Waals surface area contributed by atoms with E-state index in [1.54, 1.807) is 13.0 Å². The van der Waals surface area contributed by atoms with Gasteiger partial charge in [-0.25, -0.2) is 4.79 Å². The lowest BCUT2D eigenvalue weighted by atomic mass is 10.2. The van der Waals surface area contributed by atoms with Gasteiger partial charge < -0.3 is 9.47 Å². The van der Waals surface area contributed by atoms with Crippen LogP contribution in [-0.2, 0) is 9.53 Å². The number of hydrogen-bond donors (Lipinski definition) is 0. The zero-order valence-corrected chi connectivity index (χ0v) is 13.8. The number of carbonyl (C=O) groups is 1. The van der Waals surface area contributed by atoms with Crippen LogP contribution in [-0.4, -0.2) is 30.2 Å². The molecule has 1 fully saturated rings. The van der Waals surface area contributed by atoms with E-state index in [1.807, 2.05) is 47.8 Å². The van der Waals surface area contributed by atoms with E-state index in [1.165, 1.54) is 17.1 Å². The number of ether oxygens (including phenoxy) is 2. The molecule has 0 saturated carbocycles. The summed E-state index contributed by atoms with van der Waals surface area (Å²) in [6.07, 6.45) is 1.92. The van der Waals surface area contributed by atoms with E-state index in [0.29, 0.717) is 16.9 Å². The van der Waals surface area contributed by atoms with Crippen LogP contribution in [0.2, 0.25) is 0 Å². The predicted molar refractivity (Wildman–Crippen MR) is 90.0 cm³/mol. The van der Waals surface area contributed by atoms with E-state index in [4.69, 9.17) is 9.47 Å². The molecular weight excluding hydrogens is 304 g/mol. The first-order valence-electron chi connectivity index (χ1n) is 6.98. The van der Waals surface area contributed by atoms with Crippen LogP contribution in [0.4, 0.5) is 0 Å². The Morgan fingerprint density at radius 1 is 1.38 bits per heavy atom. The van der Waals surface area contributed by atoms with E-state index >= 15 is 0 Å². The summed E-state index contributed by atoms with van der Waals surface area (Å²) in [6, 6.07) is 7.76. The Hall–Kier alpha value is -0.910. The third-order valence-electron chi connectivity index (χ3n) is 3.01. The lowest BCUT2D eigenvalue weighted by Crippen LogP contribution is -2.26. The topological polar surface area (TPSA) is 35.5 Å². The molecule has 1 aliphatic heterocycles. The highest BCUT2D eigenvalue weighted by atomic mass is 32.2. The van der Waals surface area contributed by atoms with Crippen molar-refractivity contribution >= 4 is 29.5 Å². The lowest BCUT2D eigenvalue weighted by molar-refractivity contribution is -0.146. The molecule has 3 nitrogen and oxygen atoms in total. The maximum Gasteiger partial charge on any atom is 0.340 e. The average molecular weight is 324 g/mol. The highest BCUT2D eigenvalue weighted by Crippen LogP contribution is 2.45. The summed E-state index contributed by atoms with van der Waals surface area (Å²) in [5.41, 5.74) is 1.28. The summed E-state index contributed by atoms with van der Waals surface area (Å²) >= 11 is 3.92. The van der Waals surface area contributed by atoms with Crippen molar-refractivity contribution in [2.75, 3.05) is 18.1 Å². The molecule has 1 heterocycles. The van der Waals surface area contributed by atoms with Gasteiger partial charge in [-0.3, -0.25) is 0 Å². The molecule has 0 amide bonds. The first kappa shape index (κ1) is 16.5. The molecule has 0 bridgehead atoms. The fourth-order valence-corrected chi connectivity index (χ4v) is 4.70. The normalized spacial score (nSPS) is 16.6. The van der Waals surface area contributed by atoms with Gasteiger partial charge in [0, 0.05) is 11.5 Å². The number of esters is 1. The van der Waals surface area contributed by atoms with E-state index in [0.717, 1.165) is 6.42 Å². The Morgan fingerprint density at radius 2 is 2.05 bits per heavy atom. The largest absolute Gasteiger partial charge is 0.425 e. The van der Waals surface area contributed by atoms with Crippen LogP contribution < -0.4 is 4.74 Å². The van der Waals surface area contributed by atoms with Crippen LogP contribution in [0, 0.1) is 0 Å². The third kappa shape index (κ3) is 5.09. The molecule has 0 N–H and O–H groups in total. The molecule has 21 heavy (non-hydrogen) atoms. The number of rotatable bonds is 7. The fourth-order valence-electron chi connectivity index (χ4n) is 1.84. The smallest absolute Gasteiger partial charge is 0.340 e. The van der Waals surface area contributed by atoms with Crippen LogP contribution in [0.5, 0.6) is 5.75 Å². The predicted octanol–water partition coefficient (Wildman–Crippen LogP) is 4.05.